The van der Waals surface area contributed by atoms with Gasteiger partial charge in [0, 0.05) is 82.3 Å². The summed E-state index contributed by atoms with van der Waals surface area (Å²) in [5.74, 6) is 1.79. The number of aromatic nitrogens is 7. The number of hydrogen-bond acceptors (Lipinski definition) is 3. The Labute approximate surface area is 619 Å². The number of benzene rings is 13. The van der Waals surface area contributed by atoms with Crippen molar-refractivity contribution < 1.29 is 0 Å². The lowest BCUT2D eigenvalue weighted by Crippen LogP contribution is -2.17. The molecule has 106 heavy (non-hydrogen) atoms. The number of rotatable bonds is 9. The topological polar surface area (TPSA) is 62.8 Å². The van der Waals surface area contributed by atoms with Crippen molar-refractivity contribution in [2.75, 3.05) is 0 Å². The predicted molar refractivity (Wildman–Crippen MR) is 445 cm³/mol. The highest BCUT2D eigenvalue weighted by Crippen LogP contribution is 2.47. The van der Waals surface area contributed by atoms with Gasteiger partial charge < -0.3 is 18.3 Å². The lowest BCUT2D eigenvalue weighted by molar-refractivity contribution is 0.568. The van der Waals surface area contributed by atoms with Gasteiger partial charge in [-0.05, 0) is 176 Å². The van der Waals surface area contributed by atoms with Crippen molar-refractivity contribution in [3.05, 3.63) is 313 Å². The predicted octanol–water partition coefficient (Wildman–Crippen LogP) is 26.3. The number of nitrogens with zero attached hydrogens (tertiary/aromatic N) is 8. The van der Waals surface area contributed by atoms with E-state index in [1.165, 1.54) is 43.8 Å². The summed E-state index contributed by atoms with van der Waals surface area (Å²) < 4.78 is 9.79. The molecule has 8 nitrogen and oxygen atoms in total. The molecule has 0 aliphatic carbocycles. The average molecular weight is 1370 g/mol. The van der Waals surface area contributed by atoms with Crippen molar-refractivity contribution in [1.29, 1.82) is 0 Å². The lowest BCUT2D eigenvalue weighted by Gasteiger charge is -2.26. The molecule has 0 spiro atoms. The van der Waals surface area contributed by atoms with Crippen LogP contribution >= 0.6 is 0 Å². The van der Waals surface area contributed by atoms with Crippen molar-refractivity contribution >= 4 is 92.9 Å². The van der Waals surface area contributed by atoms with Crippen LogP contribution in [0, 0.1) is 6.57 Å². The molecule has 0 aliphatic rings. The molecule has 13 aromatic carbocycles. The third kappa shape index (κ3) is 11.0. The van der Waals surface area contributed by atoms with Crippen molar-refractivity contribution in [3.63, 3.8) is 0 Å². The quantitative estimate of drug-likeness (QED) is 0.135. The van der Waals surface area contributed by atoms with Gasteiger partial charge in [-0.2, -0.15) is 0 Å². The van der Waals surface area contributed by atoms with Crippen molar-refractivity contribution in [3.8, 4) is 79.2 Å². The Morgan fingerprint density at radius 2 is 0.566 bits per heavy atom. The van der Waals surface area contributed by atoms with Gasteiger partial charge >= 0.3 is 0 Å². The molecule has 0 bridgehead atoms. The van der Waals surface area contributed by atoms with E-state index in [1.807, 2.05) is 12.1 Å². The summed E-state index contributed by atoms with van der Waals surface area (Å²) >= 11 is 0. The summed E-state index contributed by atoms with van der Waals surface area (Å²) in [5, 5.41) is 9.41. The molecule has 0 saturated heterocycles. The van der Waals surface area contributed by atoms with E-state index in [0.717, 1.165) is 127 Å². The molecule has 18 rings (SSSR count). The van der Waals surface area contributed by atoms with Crippen LogP contribution in [0.5, 0.6) is 0 Å². The molecule has 0 unspecified atom stereocenters. The third-order valence-corrected chi connectivity index (χ3v) is 21.8. The van der Waals surface area contributed by atoms with E-state index in [0.29, 0.717) is 23.2 Å². The normalized spacial score (nSPS) is 12.5. The maximum Gasteiger partial charge on any atom is 0.187 e. The maximum atomic E-state index is 7.96. The zero-order chi connectivity index (χ0) is 72.9. The molecule has 18 aromatic rings. The van der Waals surface area contributed by atoms with E-state index in [4.69, 9.17) is 21.5 Å². The second-order valence-electron chi connectivity index (χ2n) is 32.9. The average Bonchev–Trinajstić information content (AvgIpc) is 1.53. The summed E-state index contributed by atoms with van der Waals surface area (Å²) in [7, 11) is 0. The fourth-order valence-electron chi connectivity index (χ4n) is 16.1. The standard InChI is InChI=1S/C98H82N8/c1-95(2,3)65-50-63(51-66(56-65)96(4,5)6)93-100-92(101-94(102-93)64-52-67(97(7,8)9)57-68(53-64)98(10,11)12)62-41-47-88(105-86-36-24-18-30-76(86)80-58-70(44-48-89(80)105)103-82-32-20-14-26-72(82)73-27-15-21-33-83(73)103)79(54-62)78-46-40-61(60-38-42-69(99-13)43-39-60)55-91(78)106-87-37-25-19-31-77(87)81-59-71(45-49-90(81)106)104-84-34-22-16-28-74(84)75-29-17-23-35-85(75)104/h14-59H,1-12H3. The van der Waals surface area contributed by atoms with Crippen molar-refractivity contribution in [2.24, 2.45) is 0 Å². The Morgan fingerprint density at radius 1 is 0.245 bits per heavy atom. The Kier molecular flexibility index (Phi) is 15.1. The van der Waals surface area contributed by atoms with Gasteiger partial charge in [-0.3, -0.25) is 0 Å². The zero-order valence-electron chi connectivity index (χ0n) is 62.1. The van der Waals surface area contributed by atoms with E-state index in [-0.39, 0.29) is 21.7 Å². The molecular formula is C98H82N8. The van der Waals surface area contributed by atoms with Gasteiger partial charge in [0.15, 0.2) is 23.2 Å². The van der Waals surface area contributed by atoms with Crippen LogP contribution in [0.3, 0.4) is 0 Å². The van der Waals surface area contributed by atoms with E-state index in [9.17, 15) is 0 Å². The van der Waals surface area contributed by atoms with Gasteiger partial charge in [-0.25, -0.2) is 19.8 Å². The molecule has 0 amide bonds. The maximum absolute atomic E-state index is 7.96. The van der Waals surface area contributed by atoms with Crippen molar-refractivity contribution in [1.82, 2.24) is 33.2 Å². The molecule has 0 saturated carbocycles. The largest absolute Gasteiger partial charge is 0.309 e. The zero-order valence-corrected chi connectivity index (χ0v) is 62.1. The minimum absolute atomic E-state index is 0.166. The minimum Gasteiger partial charge on any atom is -0.309 e. The molecule has 514 valence electrons. The van der Waals surface area contributed by atoms with Crippen LogP contribution in [-0.2, 0) is 21.7 Å². The Hall–Kier alpha value is -12.4. The van der Waals surface area contributed by atoms with Crippen molar-refractivity contribution in [2.45, 2.75) is 105 Å². The van der Waals surface area contributed by atoms with E-state index in [2.05, 4.69) is 373 Å². The molecule has 0 fully saturated rings. The monoisotopic (exact) mass is 1370 g/mol. The van der Waals surface area contributed by atoms with E-state index < -0.39 is 0 Å². The highest BCUT2D eigenvalue weighted by molar-refractivity contribution is 6.15. The number of fused-ring (bicyclic) bond motifs is 12. The first-order chi connectivity index (χ1) is 51.0. The summed E-state index contributed by atoms with van der Waals surface area (Å²) in [6, 6.07) is 102. The fraction of sp³-hybridized carbons (Fsp3) is 0.163. The molecule has 5 heterocycles. The van der Waals surface area contributed by atoms with Crippen LogP contribution in [0.25, 0.3) is 171 Å². The fourth-order valence-corrected chi connectivity index (χ4v) is 16.1. The Bertz CT molecular complexity index is 6420. The minimum atomic E-state index is -0.166. The molecule has 0 atom stereocenters. The molecule has 8 heteroatoms. The first kappa shape index (κ1) is 65.6. The number of hydrogen-bond donors (Lipinski definition) is 0. The first-order valence-corrected chi connectivity index (χ1v) is 36.9. The highest BCUT2D eigenvalue weighted by Gasteiger charge is 2.29. The number of para-hydroxylation sites is 6. The second-order valence-corrected chi connectivity index (χ2v) is 32.9. The van der Waals surface area contributed by atoms with Gasteiger partial charge in [-0.1, -0.05) is 241 Å². The smallest absolute Gasteiger partial charge is 0.187 e. The summed E-state index contributed by atoms with van der Waals surface area (Å²) in [4.78, 5) is 20.9. The summed E-state index contributed by atoms with van der Waals surface area (Å²) in [6.07, 6.45) is 0. The Balaban J connectivity index is 0.943. The summed E-state index contributed by atoms with van der Waals surface area (Å²) in [6.45, 7) is 35.4. The van der Waals surface area contributed by atoms with Gasteiger partial charge in [0.05, 0.1) is 62.1 Å². The van der Waals surface area contributed by atoms with Crippen LogP contribution in [0.2, 0.25) is 0 Å². The van der Waals surface area contributed by atoms with Gasteiger partial charge in [0.25, 0.3) is 0 Å². The molecule has 0 radical (unpaired) electrons. The van der Waals surface area contributed by atoms with Crippen LogP contribution in [0.15, 0.2) is 279 Å². The van der Waals surface area contributed by atoms with Crippen LogP contribution in [-0.4, -0.2) is 33.2 Å². The van der Waals surface area contributed by atoms with Gasteiger partial charge in [-0.15, -0.1) is 0 Å². The molecular weight excluding hydrogens is 1290 g/mol. The SMILES string of the molecule is [C-]#[N+]c1ccc(-c2ccc(-c3cc(-c4nc(-c5cc(C(C)(C)C)cc(C(C)(C)C)c5)nc(-c5cc(C(C)(C)C)cc(C(C)(C)C)c5)n4)ccc3-n3c4ccccc4c4cc(-n5c6ccccc6c6ccccc65)ccc43)c(-n3c4ccccc4c4cc(-n5c6ccccc6c6ccccc65)ccc43)c2)cc1. The molecule has 0 N–H and O–H groups in total. The Morgan fingerprint density at radius 3 is 0.943 bits per heavy atom. The third-order valence-electron chi connectivity index (χ3n) is 21.8. The van der Waals surface area contributed by atoms with Crippen LogP contribution < -0.4 is 0 Å². The van der Waals surface area contributed by atoms with Gasteiger partial charge in [0.1, 0.15) is 0 Å². The molecule has 5 aromatic heterocycles. The van der Waals surface area contributed by atoms with Crippen LogP contribution in [0.1, 0.15) is 105 Å². The van der Waals surface area contributed by atoms with Crippen LogP contribution in [0.4, 0.5) is 5.69 Å². The van der Waals surface area contributed by atoms with E-state index in [1.54, 1.807) is 0 Å². The lowest BCUT2D eigenvalue weighted by atomic mass is 9.79. The second kappa shape index (κ2) is 24.3. The van der Waals surface area contributed by atoms with Gasteiger partial charge in [0.2, 0.25) is 0 Å². The first-order valence-electron chi connectivity index (χ1n) is 36.9. The highest BCUT2D eigenvalue weighted by atomic mass is 15.0. The molecule has 0 aliphatic heterocycles. The summed E-state index contributed by atoms with van der Waals surface area (Å²) in [5.41, 5.74) is 24.6. The van der Waals surface area contributed by atoms with E-state index >= 15 is 0 Å².